The number of amides is 1. The van der Waals surface area contributed by atoms with Crippen LogP contribution in [0, 0.1) is 0 Å². The number of hydrogen-bond donors (Lipinski definition) is 1. The van der Waals surface area contributed by atoms with Crippen LogP contribution in [-0.2, 0) is 6.42 Å². The fraction of sp³-hybridized carbons (Fsp3) is 0.190. The van der Waals surface area contributed by atoms with Crippen molar-refractivity contribution >= 4 is 16.7 Å². The van der Waals surface area contributed by atoms with E-state index >= 15 is 0 Å². The van der Waals surface area contributed by atoms with Crippen LogP contribution in [0.25, 0.3) is 10.8 Å². The predicted octanol–water partition coefficient (Wildman–Crippen LogP) is 4.21. The molecule has 1 amide bonds. The highest BCUT2D eigenvalue weighted by Crippen LogP contribution is 2.26. The molecule has 0 aromatic heterocycles. The molecule has 0 spiro atoms. The van der Waals surface area contributed by atoms with Crippen LogP contribution >= 0.6 is 0 Å². The smallest absolute Gasteiger partial charge is 0.255 e. The van der Waals surface area contributed by atoms with Crippen molar-refractivity contribution in [3.05, 3.63) is 77.9 Å². The van der Waals surface area contributed by atoms with E-state index in [0.29, 0.717) is 11.3 Å². The first kappa shape index (κ1) is 16.1. The Bertz CT molecular complexity index is 843. The number of carbonyl (C=O) groups excluding carboxylic acids is 1. The number of methoxy groups -OCH3 is 1. The Morgan fingerprint density at radius 1 is 1.00 bits per heavy atom. The zero-order valence-corrected chi connectivity index (χ0v) is 14.0. The number of nitrogens with one attached hydrogen (secondary N) is 1. The Kier molecular flexibility index (Phi) is 4.80. The van der Waals surface area contributed by atoms with Crippen molar-refractivity contribution < 1.29 is 9.53 Å². The van der Waals surface area contributed by atoms with Crippen LogP contribution in [0.2, 0.25) is 0 Å². The van der Waals surface area contributed by atoms with Gasteiger partial charge in [-0.15, -0.1) is 0 Å². The summed E-state index contributed by atoms with van der Waals surface area (Å²) in [5.41, 5.74) is 1.77. The van der Waals surface area contributed by atoms with Crippen molar-refractivity contribution in [2.75, 3.05) is 7.11 Å². The third kappa shape index (κ3) is 3.57. The summed E-state index contributed by atoms with van der Waals surface area (Å²) < 4.78 is 5.41. The van der Waals surface area contributed by atoms with Gasteiger partial charge in [0, 0.05) is 6.04 Å². The van der Waals surface area contributed by atoms with Crippen molar-refractivity contribution in [2.45, 2.75) is 19.4 Å². The van der Waals surface area contributed by atoms with E-state index in [1.807, 2.05) is 61.5 Å². The predicted molar refractivity (Wildman–Crippen MR) is 97.6 cm³/mol. The van der Waals surface area contributed by atoms with Gasteiger partial charge in [0.05, 0.1) is 12.7 Å². The van der Waals surface area contributed by atoms with Crippen molar-refractivity contribution in [3.63, 3.8) is 0 Å². The van der Waals surface area contributed by atoms with Crippen molar-refractivity contribution in [3.8, 4) is 5.75 Å². The van der Waals surface area contributed by atoms with Gasteiger partial charge in [-0.05, 0) is 41.8 Å². The molecule has 0 aliphatic rings. The van der Waals surface area contributed by atoms with Crippen LogP contribution in [0.1, 0.15) is 22.8 Å². The molecule has 1 atom stereocenters. The zero-order chi connectivity index (χ0) is 16.9. The quantitative estimate of drug-likeness (QED) is 0.765. The third-order valence-corrected chi connectivity index (χ3v) is 4.07. The summed E-state index contributed by atoms with van der Waals surface area (Å²) in [6.45, 7) is 2.01. The van der Waals surface area contributed by atoms with E-state index in [-0.39, 0.29) is 11.9 Å². The number of hydrogen-bond acceptors (Lipinski definition) is 2. The molecule has 0 radical (unpaired) electrons. The standard InChI is InChI=1S/C21H21NO2/c1-15(12-16-8-4-3-5-9-16)22-21(23)19-13-17-10-6-7-11-18(17)14-20(19)24-2/h3-11,13-15H,12H2,1-2H3,(H,22,23)/t15-/m1/s1. The number of fused-ring (bicyclic) bond motifs is 1. The summed E-state index contributed by atoms with van der Waals surface area (Å²) in [4.78, 5) is 12.7. The molecule has 0 saturated heterocycles. The number of benzene rings is 3. The lowest BCUT2D eigenvalue weighted by Crippen LogP contribution is -2.34. The van der Waals surface area contributed by atoms with E-state index < -0.39 is 0 Å². The molecule has 0 aliphatic carbocycles. The maximum absolute atomic E-state index is 12.7. The average Bonchev–Trinajstić information content (AvgIpc) is 2.61. The molecule has 0 unspecified atom stereocenters. The van der Waals surface area contributed by atoms with E-state index in [2.05, 4.69) is 17.4 Å². The highest BCUT2D eigenvalue weighted by atomic mass is 16.5. The monoisotopic (exact) mass is 319 g/mol. The molecule has 0 heterocycles. The number of ether oxygens (including phenoxy) is 1. The van der Waals surface area contributed by atoms with E-state index in [9.17, 15) is 4.79 Å². The van der Waals surface area contributed by atoms with Gasteiger partial charge in [-0.25, -0.2) is 0 Å². The Morgan fingerprint density at radius 3 is 2.29 bits per heavy atom. The molecule has 0 fully saturated rings. The lowest BCUT2D eigenvalue weighted by Gasteiger charge is -2.16. The Morgan fingerprint density at radius 2 is 1.62 bits per heavy atom. The van der Waals surface area contributed by atoms with Gasteiger partial charge in [0.1, 0.15) is 5.75 Å². The molecule has 122 valence electrons. The first-order valence-corrected chi connectivity index (χ1v) is 8.09. The van der Waals surface area contributed by atoms with Crippen molar-refractivity contribution in [2.24, 2.45) is 0 Å². The van der Waals surface area contributed by atoms with Gasteiger partial charge in [-0.3, -0.25) is 4.79 Å². The van der Waals surface area contributed by atoms with Crippen LogP contribution < -0.4 is 10.1 Å². The molecular weight excluding hydrogens is 298 g/mol. The molecule has 0 saturated carbocycles. The molecule has 24 heavy (non-hydrogen) atoms. The highest BCUT2D eigenvalue weighted by molar-refractivity contribution is 6.01. The van der Waals surface area contributed by atoms with Gasteiger partial charge in [-0.2, -0.15) is 0 Å². The lowest BCUT2D eigenvalue weighted by atomic mass is 10.0. The fourth-order valence-corrected chi connectivity index (χ4v) is 2.89. The minimum atomic E-state index is -0.110. The van der Waals surface area contributed by atoms with E-state index in [4.69, 9.17) is 4.74 Å². The van der Waals surface area contributed by atoms with E-state index in [1.165, 1.54) is 5.56 Å². The van der Waals surface area contributed by atoms with Gasteiger partial charge in [0.15, 0.2) is 0 Å². The van der Waals surface area contributed by atoms with E-state index in [0.717, 1.165) is 17.2 Å². The summed E-state index contributed by atoms with van der Waals surface area (Å²) in [6.07, 6.45) is 0.794. The van der Waals surface area contributed by atoms with Crippen molar-refractivity contribution in [1.29, 1.82) is 0 Å². The number of carbonyl (C=O) groups is 1. The fourth-order valence-electron chi connectivity index (χ4n) is 2.89. The van der Waals surface area contributed by atoms with Crippen LogP contribution in [0.4, 0.5) is 0 Å². The first-order chi connectivity index (χ1) is 11.7. The maximum atomic E-state index is 12.7. The summed E-state index contributed by atoms with van der Waals surface area (Å²) >= 11 is 0. The normalized spacial score (nSPS) is 11.9. The average molecular weight is 319 g/mol. The van der Waals surface area contributed by atoms with Crippen molar-refractivity contribution in [1.82, 2.24) is 5.32 Å². The zero-order valence-electron chi connectivity index (χ0n) is 14.0. The SMILES string of the molecule is COc1cc2ccccc2cc1C(=O)N[C@H](C)Cc1ccccc1. The Labute approximate surface area is 142 Å². The van der Waals surface area contributed by atoms with Crippen LogP contribution in [0.5, 0.6) is 5.75 Å². The summed E-state index contributed by atoms with van der Waals surface area (Å²) in [7, 11) is 1.59. The van der Waals surface area contributed by atoms with Gasteiger partial charge < -0.3 is 10.1 Å². The lowest BCUT2D eigenvalue weighted by molar-refractivity contribution is 0.0937. The first-order valence-electron chi connectivity index (χ1n) is 8.09. The molecule has 3 nitrogen and oxygen atoms in total. The minimum absolute atomic E-state index is 0.0380. The largest absolute Gasteiger partial charge is 0.496 e. The van der Waals surface area contributed by atoms with Gasteiger partial charge in [0.25, 0.3) is 5.91 Å². The molecule has 3 aromatic rings. The van der Waals surface area contributed by atoms with Gasteiger partial charge >= 0.3 is 0 Å². The molecule has 0 aliphatic heterocycles. The summed E-state index contributed by atoms with van der Waals surface area (Å²) in [6, 6.07) is 21.9. The topological polar surface area (TPSA) is 38.3 Å². The second-order valence-electron chi connectivity index (χ2n) is 5.96. The van der Waals surface area contributed by atoms with Crippen LogP contribution in [0.15, 0.2) is 66.7 Å². The summed E-state index contributed by atoms with van der Waals surface area (Å²) in [5, 5.41) is 5.15. The van der Waals surface area contributed by atoms with Crippen LogP contribution in [-0.4, -0.2) is 19.1 Å². The molecular formula is C21H21NO2. The molecule has 3 heteroatoms. The molecule has 0 bridgehead atoms. The third-order valence-electron chi connectivity index (χ3n) is 4.07. The van der Waals surface area contributed by atoms with E-state index in [1.54, 1.807) is 7.11 Å². The Balaban J connectivity index is 1.80. The minimum Gasteiger partial charge on any atom is -0.496 e. The number of rotatable bonds is 5. The van der Waals surface area contributed by atoms with Gasteiger partial charge in [-0.1, -0.05) is 54.6 Å². The maximum Gasteiger partial charge on any atom is 0.255 e. The molecule has 3 aromatic carbocycles. The van der Waals surface area contributed by atoms with Crippen LogP contribution in [0.3, 0.4) is 0 Å². The Hall–Kier alpha value is -2.81. The summed E-state index contributed by atoms with van der Waals surface area (Å²) in [5.74, 6) is 0.485. The highest BCUT2D eigenvalue weighted by Gasteiger charge is 2.16. The molecule has 3 rings (SSSR count). The molecule has 1 N–H and O–H groups in total. The van der Waals surface area contributed by atoms with Gasteiger partial charge in [0.2, 0.25) is 0 Å². The second kappa shape index (κ2) is 7.18. The second-order valence-corrected chi connectivity index (χ2v) is 5.96.